The van der Waals surface area contributed by atoms with Crippen LogP contribution in [0.5, 0.6) is 0 Å². The second-order valence-electron chi connectivity index (χ2n) is 12.0. The number of ether oxygens (including phenoxy) is 2. The number of carbonyl (C=O) groups is 2. The van der Waals surface area contributed by atoms with Crippen molar-refractivity contribution in [1.29, 1.82) is 0 Å². The predicted octanol–water partition coefficient (Wildman–Crippen LogP) is 9.70. The Hall–Kier alpha value is -3.14. The topological polar surface area (TPSA) is 52.6 Å². The van der Waals surface area contributed by atoms with Gasteiger partial charge in [-0.3, -0.25) is 9.59 Å². The Balaban J connectivity index is 1.50. The summed E-state index contributed by atoms with van der Waals surface area (Å²) in [5.41, 5.74) is 0. The molecule has 0 aliphatic carbocycles. The zero-order chi connectivity index (χ0) is 31.2. The Morgan fingerprint density at radius 3 is 1.09 bits per heavy atom. The van der Waals surface area contributed by atoms with Crippen LogP contribution in [0.25, 0.3) is 33.7 Å². The Morgan fingerprint density at radius 1 is 0.477 bits per heavy atom. The third kappa shape index (κ3) is 12.5. The van der Waals surface area contributed by atoms with Crippen molar-refractivity contribution in [2.24, 2.45) is 0 Å². The SMILES string of the molecule is CCOC(=O)CCCCCCCCCC=c1c2ccccc2c(=CCCCCCCCCCC(=O)OCC)c2ccccc12. The summed E-state index contributed by atoms with van der Waals surface area (Å²) in [6, 6.07) is 17.9. The number of rotatable bonds is 22. The molecule has 4 nitrogen and oxygen atoms in total. The highest BCUT2D eigenvalue weighted by atomic mass is 16.5. The summed E-state index contributed by atoms with van der Waals surface area (Å²) in [4.78, 5) is 22.9. The standard InChI is InChI=1S/C40H56O4/c1-3-43-39(41)31-19-15-11-7-5-9-13-17-25-33-35-27-21-23-29-37(35)34(38-30-24-22-28-36(33)38)26-18-14-10-6-8-12-16-20-32-40(42)44-4-2/h21-30H,3-20,31-32H2,1-2H3. The molecular weight excluding hydrogens is 544 g/mol. The van der Waals surface area contributed by atoms with Crippen LogP contribution in [-0.2, 0) is 19.1 Å². The third-order valence-electron chi connectivity index (χ3n) is 8.49. The number of hydrogen-bond acceptors (Lipinski definition) is 4. The van der Waals surface area contributed by atoms with Gasteiger partial charge in [-0.25, -0.2) is 0 Å². The molecule has 0 heterocycles. The maximum absolute atomic E-state index is 11.5. The molecule has 0 N–H and O–H groups in total. The van der Waals surface area contributed by atoms with Crippen LogP contribution >= 0.6 is 0 Å². The zero-order valence-corrected chi connectivity index (χ0v) is 27.5. The van der Waals surface area contributed by atoms with E-state index in [1.54, 1.807) is 0 Å². The molecule has 0 radical (unpaired) electrons. The number of benzene rings is 3. The van der Waals surface area contributed by atoms with Crippen molar-refractivity contribution in [3.8, 4) is 0 Å². The quantitative estimate of drug-likeness (QED) is 0.0654. The lowest BCUT2D eigenvalue weighted by molar-refractivity contribution is -0.144. The van der Waals surface area contributed by atoms with Crippen molar-refractivity contribution in [3.63, 3.8) is 0 Å². The van der Waals surface area contributed by atoms with E-state index in [0.29, 0.717) is 26.1 Å². The van der Waals surface area contributed by atoms with Crippen molar-refractivity contribution in [3.05, 3.63) is 59.0 Å². The molecule has 44 heavy (non-hydrogen) atoms. The van der Waals surface area contributed by atoms with Crippen LogP contribution in [0.2, 0.25) is 0 Å². The molecule has 240 valence electrons. The molecule has 0 saturated carbocycles. The van der Waals surface area contributed by atoms with E-state index in [-0.39, 0.29) is 11.9 Å². The predicted molar refractivity (Wildman–Crippen MR) is 186 cm³/mol. The average Bonchev–Trinajstić information content (AvgIpc) is 3.03. The van der Waals surface area contributed by atoms with Gasteiger partial charge in [0.25, 0.3) is 0 Å². The van der Waals surface area contributed by atoms with Gasteiger partial charge in [0.05, 0.1) is 13.2 Å². The molecule has 0 spiro atoms. The van der Waals surface area contributed by atoms with Crippen LogP contribution < -0.4 is 10.4 Å². The van der Waals surface area contributed by atoms with Gasteiger partial charge in [-0.1, -0.05) is 125 Å². The van der Waals surface area contributed by atoms with Gasteiger partial charge < -0.3 is 9.47 Å². The first-order valence-corrected chi connectivity index (χ1v) is 17.6. The van der Waals surface area contributed by atoms with E-state index in [9.17, 15) is 9.59 Å². The molecule has 0 amide bonds. The molecule has 0 fully saturated rings. The maximum atomic E-state index is 11.5. The largest absolute Gasteiger partial charge is 0.466 e. The van der Waals surface area contributed by atoms with Crippen molar-refractivity contribution in [1.82, 2.24) is 0 Å². The molecule has 0 aliphatic heterocycles. The molecular formula is C40H56O4. The molecule has 0 unspecified atom stereocenters. The van der Waals surface area contributed by atoms with E-state index in [2.05, 4.69) is 60.7 Å². The summed E-state index contributed by atoms with van der Waals surface area (Å²) >= 11 is 0. The first-order valence-electron chi connectivity index (χ1n) is 17.6. The summed E-state index contributed by atoms with van der Waals surface area (Å²) < 4.78 is 10.0. The van der Waals surface area contributed by atoms with Gasteiger partial charge in [-0.2, -0.15) is 0 Å². The van der Waals surface area contributed by atoms with Crippen molar-refractivity contribution < 1.29 is 19.1 Å². The lowest BCUT2D eigenvalue weighted by atomic mass is 9.96. The summed E-state index contributed by atoms with van der Waals surface area (Å²) in [6.45, 7) is 4.68. The fourth-order valence-corrected chi connectivity index (χ4v) is 6.19. The van der Waals surface area contributed by atoms with Crippen LogP contribution in [0.15, 0.2) is 48.5 Å². The van der Waals surface area contributed by atoms with E-state index in [1.807, 2.05) is 13.8 Å². The second kappa shape index (κ2) is 21.5. The van der Waals surface area contributed by atoms with Crippen LogP contribution in [0.1, 0.15) is 129 Å². The minimum Gasteiger partial charge on any atom is -0.466 e. The van der Waals surface area contributed by atoms with Gasteiger partial charge in [-0.15, -0.1) is 0 Å². The molecule has 0 atom stereocenters. The molecule has 3 rings (SSSR count). The molecule has 0 aromatic heterocycles. The number of carbonyl (C=O) groups excluding carboxylic acids is 2. The molecule has 0 saturated heterocycles. The smallest absolute Gasteiger partial charge is 0.305 e. The summed E-state index contributed by atoms with van der Waals surface area (Å²) in [6.07, 6.45) is 24.7. The van der Waals surface area contributed by atoms with Gasteiger partial charge in [0.2, 0.25) is 0 Å². The highest BCUT2D eigenvalue weighted by molar-refractivity contribution is 6.00. The van der Waals surface area contributed by atoms with Crippen molar-refractivity contribution >= 4 is 45.6 Å². The van der Waals surface area contributed by atoms with E-state index in [1.165, 1.54) is 96.2 Å². The highest BCUT2D eigenvalue weighted by Gasteiger charge is 2.06. The van der Waals surface area contributed by atoms with Gasteiger partial charge in [0, 0.05) is 12.8 Å². The minimum atomic E-state index is -0.0581. The van der Waals surface area contributed by atoms with Crippen LogP contribution in [0.4, 0.5) is 0 Å². The first kappa shape index (κ1) is 35.3. The molecule has 0 aliphatic rings. The van der Waals surface area contributed by atoms with Crippen molar-refractivity contribution in [2.75, 3.05) is 13.2 Å². The van der Waals surface area contributed by atoms with E-state index >= 15 is 0 Å². The average molecular weight is 601 g/mol. The maximum Gasteiger partial charge on any atom is 0.305 e. The number of unbranched alkanes of at least 4 members (excludes halogenated alkanes) is 14. The Bertz CT molecular complexity index is 1220. The molecule has 3 aromatic rings. The number of hydrogen-bond donors (Lipinski definition) is 0. The Kier molecular flexibility index (Phi) is 17.3. The van der Waals surface area contributed by atoms with Crippen LogP contribution in [0, 0.1) is 0 Å². The summed E-state index contributed by atoms with van der Waals surface area (Å²) in [7, 11) is 0. The van der Waals surface area contributed by atoms with Gasteiger partial charge >= 0.3 is 11.9 Å². The summed E-state index contributed by atoms with van der Waals surface area (Å²) in [5, 5.41) is 8.22. The van der Waals surface area contributed by atoms with Crippen molar-refractivity contribution in [2.45, 2.75) is 129 Å². The van der Waals surface area contributed by atoms with Crippen LogP contribution in [0.3, 0.4) is 0 Å². The minimum absolute atomic E-state index is 0.0581. The van der Waals surface area contributed by atoms with Crippen LogP contribution in [-0.4, -0.2) is 25.2 Å². The Labute approximate surface area is 265 Å². The Morgan fingerprint density at radius 2 is 0.773 bits per heavy atom. The molecule has 4 heteroatoms. The third-order valence-corrected chi connectivity index (χ3v) is 8.49. The normalized spacial score (nSPS) is 11.1. The number of esters is 2. The lowest BCUT2D eigenvalue weighted by Gasteiger charge is -2.08. The monoisotopic (exact) mass is 600 g/mol. The summed E-state index contributed by atoms with van der Waals surface area (Å²) in [5.74, 6) is -0.116. The first-order chi connectivity index (χ1) is 21.7. The highest BCUT2D eigenvalue weighted by Crippen LogP contribution is 2.17. The van der Waals surface area contributed by atoms with E-state index < -0.39 is 0 Å². The second-order valence-corrected chi connectivity index (χ2v) is 12.0. The number of fused-ring (bicyclic) bond motifs is 2. The van der Waals surface area contributed by atoms with Gasteiger partial charge in [0.1, 0.15) is 0 Å². The molecule has 3 aromatic carbocycles. The van der Waals surface area contributed by atoms with E-state index in [4.69, 9.17) is 9.47 Å². The van der Waals surface area contributed by atoms with Gasteiger partial charge in [0.15, 0.2) is 0 Å². The zero-order valence-electron chi connectivity index (χ0n) is 27.5. The van der Waals surface area contributed by atoms with E-state index in [0.717, 1.165) is 38.5 Å². The fourth-order valence-electron chi connectivity index (χ4n) is 6.19. The van der Waals surface area contributed by atoms with Gasteiger partial charge in [-0.05, 0) is 84.4 Å². The lowest BCUT2D eigenvalue weighted by Crippen LogP contribution is -2.14. The molecule has 0 bridgehead atoms. The fraction of sp³-hybridized carbons (Fsp3) is 0.550.